The van der Waals surface area contributed by atoms with E-state index in [4.69, 9.17) is 10.5 Å². The zero-order chi connectivity index (χ0) is 18.3. The Labute approximate surface area is 149 Å². The predicted octanol–water partition coefficient (Wildman–Crippen LogP) is 3.89. The number of ether oxygens (including phenoxy) is 1. The van der Waals surface area contributed by atoms with Crippen LogP contribution in [-0.4, -0.2) is 17.6 Å². The second kappa shape index (κ2) is 6.19. The summed E-state index contributed by atoms with van der Waals surface area (Å²) in [7, 11) is 1.62. The molecule has 1 heterocycles. The number of carbonyl (C=O) groups excluding carboxylic acids is 1. The van der Waals surface area contributed by atoms with E-state index in [1.165, 1.54) is 6.07 Å². The molecule has 129 valence electrons. The molecule has 1 radical (unpaired) electrons. The number of para-hydroxylation sites is 1. The van der Waals surface area contributed by atoms with Gasteiger partial charge in [0.25, 0.3) is 0 Å². The molecule has 0 fully saturated rings. The fraction of sp³-hybridized carbons (Fsp3) is 0.0952. The third kappa shape index (κ3) is 2.49. The maximum Gasteiger partial charge on any atom is 0.249 e. The predicted molar refractivity (Wildman–Crippen MR) is 98.9 cm³/mol. The number of nitrogens with zero attached hydrogens (tertiary/aromatic N) is 1. The minimum atomic E-state index is -0.551. The number of nitrogens with two attached hydrogens (primary N) is 1. The Bertz CT molecular complexity index is 1150. The lowest BCUT2D eigenvalue weighted by Gasteiger charge is -2.11. The summed E-state index contributed by atoms with van der Waals surface area (Å²) in [5, 5.41) is 1.16. The monoisotopic (exact) mass is 347 g/mol. The molecule has 4 aromatic rings. The molecule has 0 unspecified atom stereocenters. The second-order valence-electron chi connectivity index (χ2n) is 6.03. The molecule has 4 nitrogen and oxygen atoms in total. The molecule has 1 aromatic heterocycles. The van der Waals surface area contributed by atoms with Gasteiger partial charge in [0, 0.05) is 28.0 Å². The summed E-state index contributed by atoms with van der Waals surface area (Å²) in [6, 6.07) is 18.8. The van der Waals surface area contributed by atoms with E-state index >= 15 is 0 Å². The van der Waals surface area contributed by atoms with E-state index < -0.39 is 11.7 Å². The average Bonchev–Trinajstić information content (AvgIpc) is 2.95. The molecule has 0 bridgehead atoms. The van der Waals surface area contributed by atoms with Crippen molar-refractivity contribution in [3.8, 4) is 5.75 Å². The summed E-state index contributed by atoms with van der Waals surface area (Å²) in [5.74, 6) is -0.266. The van der Waals surface area contributed by atoms with Gasteiger partial charge in [-0.1, -0.05) is 24.3 Å². The van der Waals surface area contributed by atoms with E-state index in [0.717, 1.165) is 22.3 Å². The van der Waals surface area contributed by atoms with Gasteiger partial charge in [0.05, 0.1) is 24.7 Å². The minimum Gasteiger partial charge on any atom is -0.496 e. The lowest BCUT2D eigenvalue weighted by molar-refractivity contribution is 0.100. The second-order valence-corrected chi connectivity index (χ2v) is 6.03. The number of fused-ring (bicyclic) bond motifs is 3. The highest BCUT2D eigenvalue weighted by Crippen LogP contribution is 2.33. The van der Waals surface area contributed by atoms with Gasteiger partial charge in [-0.2, -0.15) is 0 Å². The van der Waals surface area contributed by atoms with Crippen LogP contribution >= 0.6 is 0 Å². The first kappa shape index (κ1) is 16.1. The highest BCUT2D eigenvalue weighted by Gasteiger charge is 2.18. The van der Waals surface area contributed by atoms with E-state index in [9.17, 15) is 9.18 Å². The molecule has 0 saturated heterocycles. The number of hydrogen-bond acceptors (Lipinski definition) is 2. The lowest BCUT2D eigenvalue weighted by Crippen LogP contribution is -2.11. The summed E-state index contributed by atoms with van der Waals surface area (Å²) in [6.07, 6.45) is 0. The Balaban J connectivity index is 2.05. The van der Waals surface area contributed by atoms with Gasteiger partial charge in [-0.3, -0.25) is 4.79 Å². The van der Waals surface area contributed by atoms with Gasteiger partial charge in [0.15, 0.2) is 0 Å². The van der Waals surface area contributed by atoms with Crippen molar-refractivity contribution in [1.29, 1.82) is 0 Å². The van der Waals surface area contributed by atoms with Crippen LogP contribution in [0.15, 0.2) is 54.6 Å². The van der Waals surface area contributed by atoms with Gasteiger partial charge in [0.2, 0.25) is 5.91 Å². The van der Waals surface area contributed by atoms with Crippen LogP contribution in [0.25, 0.3) is 21.8 Å². The Morgan fingerprint density at radius 3 is 2.69 bits per heavy atom. The minimum absolute atomic E-state index is 0.355. The number of benzene rings is 3. The SMILES string of the molecule is COc1ccccc1Cn1c2ccc(F)[c]c2c2c(C(N)=O)cccc21. The van der Waals surface area contributed by atoms with Crippen LogP contribution in [0, 0.1) is 11.9 Å². The molecule has 5 heteroatoms. The highest BCUT2D eigenvalue weighted by molar-refractivity contribution is 6.17. The first-order valence-electron chi connectivity index (χ1n) is 8.14. The summed E-state index contributed by atoms with van der Waals surface area (Å²) in [4.78, 5) is 11.9. The number of aromatic nitrogens is 1. The molecule has 2 N–H and O–H groups in total. The largest absolute Gasteiger partial charge is 0.496 e. The quantitative estimate of drug-likeness (QED) is 0.609. The number of hydrogen-bond donors (Lipinski definition) is 1. The topological polar surface area (TPSA) is 57.2 Å². The maximum atomic E-state index is 13.9. The van der Waals surface area contributed by atoms with Crippen LogP contribution < -0.4 is 10.5 Å². The zero-order valence-electron chi connectivity index (χ0n) is 14.1. The Morgan fingerprint density at radius 1 is 1.12 bits per heavy atom. The lowest BCUT2D eigenvalue weighted by atomic mass is 10.1. The summed E-state index contributed by atoms with van der Waals surface area (Å²) < 4.78 is 21.3. The average molecular weight is 347 g/mol. The number of halogens is 1. The molecule has 0 spiro atoms. The molecular formula is C21H16FN2O2. The normalized spacial score (nSPS) is 11.2. The van der Waals surface area contributed by atoms with Crippen LogP contribution in [0.2, 0.25) is 0 Å². The molecule has 1 amide bonds. The molecule has 26 heavy (non-hydrogen) atoms. The van der Waals surface area contributed by atoms with Gasteiger partial charge >= 0.3 is 0 Å². The van der Waals surface area contributed by atoms with Crippen molar-refractivity contribution in [3.63, 3.8) is 0 Å². The molecule has 0 aliphatic carbocycles. The van der Waals surface area contributed by atoms with Gasteiger partial charge in [0.1, 0.15) is 11.6 Å². The highest BCUT2D eigenvalue weighted by atomic mass is 19.1. The Hall–Kier alpha value is -3.34. The first-order chi connectivity index (χ1) is 12.6. The van der Waals surface area contributed by atoms with Crippen LogP contribution in [0.4, 0.5) is 4.39 Å². The standard InChI is InChI=1S/C21H16FN2O2/c1-26-19-8-3-2-5-13(19)12-24-17-10-9-14(22)11-16(17)20-15(21(23)25)6-4-7-18(20)24/h2-10H,12H2,1H3,(H2,23,25). The molecule has 0 aliphatic rings. The number of carbonyl (C=O) groups is 1. The number of primary amides is 1. The van der Waals surface area contributed by atoms with Gasteiger partial charge < -0.3 is 15.0 Å². The van der Waals surface area contributed by atoms with Gasteiger partial charge in [-0.05, 0) is 30.3 Å². The van der Waals surface area contributed by atoms with Crippen molar-refractivity contribution in [2.75, 3.05) is 7.11 Å². The van der Waals surface area contributed by atoms with E-state index in [-0.39, 0.29) is 0 Å². The third-order valence-corrected chi connectivity index (χ3v) is 4.55. The fourth-order valence-electron chi connectivity index (χ4n) is 3.41. The maximum absolute atomic E-state index is 13.9. The van der Waals surface area contributed by atoms with Crippen molar-refractivity contribution in [1.82, 2.24) is 4.57 Å². The molecular weight excluding hydrogens is 331 g/mol. The fourth-order valence-corrected chi connectivity index (χ4v) is 3.41. The van der Waals surface area contributed by atoms with Gasteiger partial charge in [-0.15, -0.1) is 0 Å². The van der Waals surface area contributed by atoms with Gasteiger partial charge in [-0.25, -0.2) is 4.39 Å². The molecule has 0 atom stereocenters. The van der Waals surface area contributed by atoms with E-state index in [2.05, 4.69) is 6.07 Å². The molecule has 3 aromatic carbocycles. The van der Waals surface area contributed by atoms with E-state index in [0.29, 0.717) is 22.9 Å². The van der Waals surface area contributed by atoms with E-state index in [1.54, 1.807) is 25.3 Å². The van der Waals surface area contributed by atoms with Crippen LogP contribution in [0.3, 0.4) is 0 Å². The molecule has 0 saturated carbocycles. The smallest absolute Gasteiger partial charge is 0.249 e. The zero-order valence-corrected chi connectivity index (χ0v) is 14.1. The summed E-state index contributed by atoms with van der Waals surface area (Å²) >= 11 is 0. The summed E-state index contributed by atoms with van der Waals surface area (Å²) in [6.45, 7) is 0.506. The van der Waals surface area contributed by atoms with Crippen molar-refractivity contribution in [3.05, 3.63) is 77.6 Å². The van der Waals surface area contributed by atoms with Crippen LogP contribution in [0.5, 0.6) is 5.75 Å². The van der Waals surface area contributed by atoms with Crippen molar-refractivity contribution in [2.24, 2.45) is 5.73 Å². The summed E-state index contributed by atoms with van der Waals surface area (Å²) in [5.41, 5.74) is 8.44. The first-order valence-corrected chi connectivity index (χ1v) is 8.14. The van der Waals surface area contributed by atoms with Crippen LogP contribution in [0.1, 0.15) is 15.9 Å². The number of rotatable bonds is 4. The van der Waals surface area contributed by atoms with Crippen molar-refractivity contribution >= 4 is 27.7 Å². The van der Waals surface area contributed by atoms with Crippen molar-refractivity contribution in [2.45, 2.75) is 6.54 Å². The van der Waals surface area contributed by atoms with Crippen LogP contribution in [-0.2, 0) is 6.54 Å². The number of methoxy groups -OCH3 is 1. The Kier molecular flexibility index (Phi) is 3.84. The van der Waals surface area contributed by atoms with Crippen molar-refractivity contribution < 1.29 is 13.9 Å². The van der Waals surface area contributed by atoms with E-state index in [1.807, 2.05) is 34.9 Å². The number of amides is 1. The molecule has 4 rings (SSSR count). The molecule has 0 aliphatic heterocycles. The third-order valence-electron chi connectivity index (χ3n) is 4.55. The Morgan fingerprint density at radius 2 is 1.92 bits per heavy atom.